The topological polar surface area (TPSA) is 70.1 Å². The minimum absolute atomic E-state index is 0.0132. The molecule has 6 heteroatoms. The highest BCUT2D eigenvalue weighted by atomic mass is 16.5. The average molecular weight is 499 g/mol. The van der Waals surface area contributed by atoms with E-state index in [-0.39, 0.29) is 17.4 Å². The van der Waals surface area contributed by atoms with Crippen LogP contribution < -0.4 is 14.5 Å². The smallest absolute Gasteiger partial charge is 0.300 e. The maximum atomic E-state index is 13.4. The van der Waals surface area contributed by atoms with Gasteiger partial charge in [-0.25, -0.2) is 0 Å². The van der Waals surface area contributed by atoms with Crippen molar-refractivity contribution in [2.24, 2.45) is 0 Å². The summed E-state index contributed by atoms with van der Waals surface area (Å²) in [5.74, 6) is -0.915. The molecule has 1 atom stereocenters. The van der Waals surface area contributed by atoms with Crippen LogP contribution >= 0.6 is 0 Å². The van der Waals surface area contributed by atoms with Gasteiger partial charge in [0.15, 0.2) is 0 Å². The summed E-state index contributed by atoms with van der Waals surface area (Å²) in [5, 5.41) is 11.4. The highest BCUT2D eigenvalue weighted by molar-refractivity contribution is 6.51. The van der Waals surface area contributed by atoms with Crippen LogP contribution in [-0.2, 0) is 9.59 Å². The van der Waals surface area contributed by atoms with E-state index in [0.29, 0.717) is 17.0 Å². The number of hydrogen-bond acceptors (Lipinski definition) is 5. The van der Waals surface area contributed by atoms with Crippen LogP contribution in [0.5, 0.6) is 5.75 Å². The fourth-order valence-corrected chi connectivity index (χ4v) is 4.79. The van der Waals surface area contributed by atoms with Gasteiger partial charge in [-0.3, -0.25) is 14.5 Å². The van der Waals surface area contributed by atoms with Crippen molar-refractivity contribution in [1.29, 1.82) is 0 Å². The first-order valence-corrected chi connectivity index (χ1v) is 12.7. The first kappa shape index (κ1) is 26.0. The Kier molecular flexibility index (Phi) is 7.67. The van der Waals surface area contributed by atoms with Crippen molar-refractivity contribution in [3.63, 3.8) is 0 Å². The molecule has 1 aliphatic rings. The van der Waals surface area contributed by atoms with Gasteiger partial charge in [0.05, 0.1) is 17.7 Å². The van der Waals surface area contributed by atoms with E-state index in [0.717, 1.165) is 29.9 Å². The predicted octanol–water partition coefficient (Wildman–Crippen LogP) is 6.25. The lowest BCUT2D eigenvalue weighted by Crippen LogP contribution is -2.29. The van der Waals surface area contributed by atoms with Gasteiger partial charge in [-0.05, 0) is 88.7 Å². The van der Waals surface area contributed by atoms with Crippen LogP contribution in [0.1, 0.15) is 50.4 Å². The van der Waals surface area contributed by atoms with Crippen molar-refractivity contribution in [3.8, 4) is 5.75 Å². The number of rotatable bonds is 8. The molecule has 1 heterocycles. The molecule has 1 unspecified atom stereocenters. The molecule has 1 saturated heterocycles. The molecule has 0 spiro atoms. The molecular formula is C31H34N2O4. The third-order valence-electron chi connectivity index (χ3n) is 6.56. The van der Waals surface area contributed by atoms with Gasteiger partial charge in [0.1, 0.15) is 11.5 Å². The molecule has 192 valence electrons. The highest BCUT2D eigenvalue weighted by Gasteiger charge is 2.47. The van der Waals surface area contributed by atoms with Gasteiger partial charge in [0.25, 0.3) is 11.7 Å². The molecule has 0 bridgehead atoms. The summed E-state index contributed by atoms with van der Waals surface area (Å²) >= 11 is 0. The number of ether oxygens (including phenoxy) is 1. The molecule has 1 N–H and O–H groups in total. The number of Topliss-reactive ketones (excluding diaryl/α,β-unsaturated/α-hetero) is 1. The summed E-state index contributed by atoms with van der Waals surface area (Å²) < 4.78 is 5.70. The van der Waals surface area contributed by atoms with Crippen molar-refractivity contribution in [2.75, 3.05) is 22.9 Å². The zero-order valence-corrected chi connectivity index (χ0v) is 22.1. The molecule has 0 aromatic heterocycles. The van der Waals surface area contributed by atoms with E-state index in [1.165, 1.54) is 4.90 Å². The molecule has 1 aliphatic heterocycles. The predicted molar refractivity (Wildman–Crippen MR) is 148 cm³/mol. The van der Waals surface area contributed by atoms with Crippen molar-refractivity contribution in [1.82, 2.24) is 0 Å². The number of benzene rings is 3. The maximum absolute atomic E-state index is 13.4. The van der Waals surface area contributed by atoms with Gasteiger partial charge < -0.3 is 14.7 Å². The van der Waals surface area contributed by atoms with E-state index in [1.54, 1.807) is 24.3 Å². The van der Waals surface area contributed by atoms with Gasteiger partial charge in [-0.2, -0.15) is 0 Å². The second-order valence-electron chi connectivity index (χ2n) is 9.46. The van der Waals surface area contributed by atoms with Crippen LogP contribution in [0.4, 0.5) is 11.4 Å². The van der Waals surface area contributed by atoms with E-state index in [4.69, 9.17) is 4.74 Å². The number of amides is 1. The Hall–Kier alpha value is -4.06. The van der Waals surface area contributed by atoms with Crippen LogP contribution in [0.15, 0.2) is 78.4 Å². The Morgan fingerprint density at radius 3 is 2.19 bits per heavy atom. The number of anilines is 2. The van der Waals surface area contributed by atoms with Crippen molar-refractivity contribution < 1.29 is 19.4 Å². The lowest BCUT2D eigenvalue weighted by atomic mass is 9.94. The molecule has 0 radical (unpaired) electrons. The summed E-state index contributed by atoms with van der Waals surface area (Å²) in [6.45, 7) is 11.7. The number of aryl methyl sites for hydroxylation is 1. The minimum Gasteiger partial charge on any atom is -0.507 e. The molecule has 6 nitrogen and oxygen atoms in total. The van der Waals surface area contributed by atoms with E-state index in [9.17, 15) is 14.7 Å². The molecule has 1 fully saturated rings. The summed E-state index contributed by atoms with van der Waals surface area (Å²) in [4.78, 5) is 30.5. The first-order valence-electron chi connectivity index (χ1n) is 12.7. The number of aliphatic hydroxyl groups excluding tert-OH is 1. The lowest BCUT2D eigenvalue weighted by molar-refractivity contribution is -0.132. The number of hydrogen-bond donors (Lipinski definition) is 1. The Morgan fingerprint density at radius 2 is 1.62 bits per heavy atom. The van der Waals surface area contributed by atoms with Crippen molar-refractivity contribution >= 4 is 28.8 Å². The van der Waals surface area contributed by atoms with Gasteiger partial charge in [0, 0.05) is 30.0 Å². The van der Waals surface area contributed by atoms with Crippen LogP contribution in [0.2, 0.25) is 0 Å². The van der Waals surface area contributed by atoms with E-state index >= 15 is 0 Å². The largest absolute Gasteiger partial charge is 0.507 e. The Labute approximate surface area is 218 Å². The van der Waals surface area contributed by atoms with Crippen LogP contribution in [0, 0.1) is 6.92 Å². The molecule has 37 heavy (non-hydrogen) atoms. The molecule has 4 rings (SSSR count). The highest BCUT2D eigenvalue weighted by Crippen LogP contribution is 2.42. The van der Waals surface area contributed by atoms with Crippen LogP contribution in [0.3, 0.4) is 0 Å². The number of nitrogens with zero attached hydrogens (tertiary/aromatic N) is 2. The van der Waals surface area contributed by atoms with Gasteiger partial charge in [-0.1, -0.05) is 29.8 Å². The second-order valence-corrected chi connectivity index (χ2v) is 9.46. The number of ketones is 1. The molecule has 3 aromatic rings. The van der Waals surface area contributed by atoms with Crippen molar-refractivity contribution in [2.45, 2.75) is 46.8 Å². The molecule has 1 amide bonds. The summed E-state index contributed by atoms with van der Waals surface area (Å²) in [6, 6.07) is 21.5. The minimum atomic E-state index is -0.759. The number of carbonyl (C=O) groups excluding carboxylic acids is 2. The monoisotopic (exact) mass is 498 g/mol. The van der Waals surface area contributed by atoms with Gasteiger partial charge in [-0.15, -0.1) is 0 Å². The van der Waals surface area contributed by atoms with Crippen LogP contribution in [0.25, 0.3) is 5.76 Å². The Balaban J connectivity index is 1.83. The molecule has 0 saturated carbocycles. The Morgan fingerprint density at radius 1 is 0.973 bits per heavy atom. The fraction of sp³-hybridized carbons (Fsp3) is 0.290. The zero-order chi connectivity index (χ0) is 26.7. The SMILES string of the molecule is CCN(CC)c1ccc(N2C(=O)C(=O)/C(=C(\O)c3ccc(OC(C)C)cc3)C2c2cccc(C)c2)cc1. The summed E-state index contributed by atoms with van der Waals surface area (Å²) in [6.07, 6.45) is 0.0132. The summed E-state index contributed by atoms with van der Waals surface area (Å²) in [7, 11) is 0. The van der Waals surface area contributed by atoms with Gasteiger partial charge >= 0.3 is 0 Å². The summed E-state index contributed by atoms with van der Waals surface area (Å²) in [5.41, 5.74) is 3.92. The molecular weight excluding hydrogens is 464 g/mol. The third kappa shape index (κ3) is 5.24. The molecule has 0 aliphatic carbocycles. The van der Waals surface area contributed by atoms with E-state index in [2.05, 4.69) is 18.7 Å². The molecule has 3 aromatic carbocycles. The van der Waals surface area contributed by atoms with Crippen LogP contribution in [-0.4, -0.2) is 36.0 Å². The normalized spacial score (nSPS) is 16.9. The van der Waals surface area contributed by atoms with E-state index < -0.39 is 17.7 Å². The maximum Gasteiger partial charge on any atom is 0.300 e. The van der Waals surface area contributed by atoms with Gasteiger partial charge in [0.2, 0.25) is 0 Å². The average Bonchev–Trinajstić information content (AvgIpc) is 3.15. The lowest BCUT2D eigenvalue weighted by Gasteiger charge is -2.27. The zero-order valence-electron chi connectivity index (χ0n) is 22.1. The van der Waals surface area contributed by atoms with Crippen molar-refractivity contribution in [3.05, 3.63) is 95.1 Å². The standard InChI is InChI=1S/C31H34N2O4/c1-6-32(7-2)24-13-15-25(16-14-24)33-28(23-10-8-9-21(5)19-23)27(30(35)31(33)36)29(34)22-11-17-26(18-12-22)37-20(3)4/h8-20,28,34H,6-7H2,1-5H3/b29-27-. The first-order chi connectivity index (χ1) is 17.7. The second kappa shape index (κ2) is 10.9. The quantitative estimate of drug-likeness (QED) is 0.226. The Bertz CT molecular complexity index is 1310. The third-order valence-corrected chi connectivity index (χ3v) is 6.56. The fourth-order valence-electron chi connectivity index (χ4n) is 4.79. The number of carbonyl (C=O) groups is 2. The van der Waals surface area contributed by atoms with E-state index in [1.807, 2.05) is 69.3 Å². The number of aliphatic hydroxyl groups is 1.